The van der Waals surface area contributed by atoms with Crippen molar-refractivity contribution in [2.24, 2.45) is 0 Å². The zero-order valence-corrected chi connectivity index (χ0v) is 6.79. The molecule has 0 heterocycles. The van der Waals surface area contributed by atoms with Crippen LogP contribution in [0.25, 0.3) is 0 Å². The van der Waals surface area contributed by atoms with Gasteiger partial charge in [0, 0.05) is 18.2 Å². The van der Waals surface area contributed by atoms with Gasteiger partial charge in [0.2, 0.25) is 0 Å². The minimum Gasteiger partial charge on any atom is -0.315 e. The Bertz CT molecular complexity index is 95.6. The van der Waals surface area contributed by atoms with Gasteiger partial charge in [0.15, 0.2) is 0 Å². The average Bonchev–Trinajstić information content (AvgIpc) is 1.88. The molecule has 0 radical (unpaired) electrons. The van der Waals surface area contributed by atoms with E-state index in [1.165, 1.54) is 0 Å². The number of terminal acetylenes is 1. The molecule has 0 aliphatic rings. The van der Waals surface area contributed by atoms with E-state index in [-0.39, 0.29) is 0 Å². The summed E-state index contributed by atoms with van der Waals surface area (Å²) in [7, 11) is 1.94. The largest absolute Gasteiger partial charge is 0.315 e. The molecule has 0 spiro atoms. The number of hydrogen-bond donors (Lipinski definition) is 1. The summed E-state index contributed by atoms with van der Waals surface area (Å²) >= 11 is 1.82. The molecule has 0 saturated heterocycles. The van der Waals surface area contributed by atoms with E-state index in [4.69, 9.17) is 6.42 Å². The topological polar surface area (TPSA) is 12.0 Å². The molecule has 2 heteroatoms. The van der Waals surface area contributed by atoms with Crippen LogP contribution in [0, 0.1) is 12.3 Å². The second-order valence-electron chi connectivity index (χ2n) is 1.85. The number of nitrogens with one attached hydrogen (secondary N) is 1. The quantitative estimate of drug-likeness (QED) is 0.588. The fourth-order valence-corrected chi connectivity index (χ4v) is 1.27. The fraction of sp³-hybridized carbons (Fsp3) is 0.714. The molecule has 0 fully saturated rings. The number of rotatable bonds is 4. The van der Waals surface area contributed by atoms with Gasteiger partial charge in [0.05, 0.1) is 0 Å². The van der Waals surface area contributed by atoms with Crippen molar-refractivity contribution >= 4 is 11.8 Å². The lowest BCUT2D eigenvalue weighted by Gasteiger charge is -2.09. The molecule has 9 heavy (non-hydrogen) atoms. The van der Waals surface area contributed by atoms with E-state index in [0.29, 0.717) is 6.04 Å². The first-order valence-corrected chi connectivity index (χ1v) is 4.34. The van der Waals surface area contributed by atoms with E-state index >= 15 is 0 Å². The number of hydrogen-bond acceptors (Lipinski definition) is 2. The van der Waals surface area contributed by atoms with Gasteiger partial charge in [-0.1, -0.05) is 0 Å². The molecule has 0 saturated carbocycles. The van der Waals surface area contributed by atoms with Crippen LogP contribution in [0.1, 0.15) is 6.42 Å². The summed E-state index contributed by atoms with van der Waals surface area (Å²) in [6.45, 7) is 0. The molecule has 0 aromatic heterocycles. The van der Waals surface area contributed by atoms with Crippen LogP contribution in [0.15, 0.2) is 0 Å². The molecule has 52 valence electrons. The van der Waals surface area contributed by atoms with Crippen molar-refractivity contribution in [3.8, 4) is 12.3 Å². The van der Waals surface area contributed by atoms with Gasteiger partial charge in [-0.3, -0.25) is 0 Å². The Balaban J connectivity index is 3.32. The summed E-state index contributed by atoms with van der Waals surface area (Å²) in [5.74, 6) is 3.73. The van der Waals surface area contributed by atoms with E-state index in [9.17, 15) is 0 Å². The third-order valence-electron chi connectivity index (χ3n) is 1.14. The molecule has 0 amide bonds. The lowest BCUT2D eigenvalue weighted by atomic mass is 10.2. The van der Waals surface area contributed by atoms with Crippen molar-refractivity contribution in [1.82, 2.24) is 5.32 Å². The predicted octanol–water partition coefficient (Wildman–Crippen LogP) is 0.961. The Morgan fingerprint density at radius 1 is 1.78 bits per heavy atom. The Morgan fingerprint density at radius 2 is 2.44 bits per heavy atom. The van der Waals surface area contributed by atoms with E-state index in [1.807, 2.05) is 18.8 Å². The molecule has 0 aromatic rings. The van der Waals surface area contributed by atoms with Crippen LogP contribution in [-0.2, 0) is 0 Å². The van der Waals surface area contributed by atoms with Gasteiger partial charge < -0.3 is 5.32 Å². The zero-order valence-electron chi connectivity index (χ0n) is 5.98. The Morgan fingerprint density at radius 3 is 2.78 bits per heavy atom. The second kappa shape index (κ2) is 6.00. The highest BCUT2D eigenvalue weighted by molar-refractivity contribution is 7.98. The Hall–Kier alpha value is -0.130. The van der Waals surface area contributed by atoms with Crippen LogP contribution in [0.4, 0.5) is 0 Å². The first kappa shape index (κ1) is 8.87. The summed E-state index contributed by atoms with van der Waals surface area (Å²) in [4.78, 5) is 0. The molecule has 0 aromatic carbocycles. The summed E-state index contributed by atoms with van der Waals surface area (Å²) < 4.78 is 0. The molecule has 0 aliphatic heterocycles. The maximum atomic E-state index is 5.14. The van der Waals surface area contributed by atoms with E-state index in [2.05, 4.69) is 17.5 Å². The van der Waals surface area contributed by atoms with Crippen LogP contribution in [0.2, 0.25) is 0 Å². The molecule has 0 rings (SSSR count). The minimum atomic E-state index is 0.491. The van der Waals surface area contributed by atoms with Crippen molar-refractivity contribution in [3.63, 3.8) is 0 Å². The van der Waals surface area contributed by atoms with E-state index in [1.54, 1.807) is 0 Å². The van der Waals surface area contributed by atoms with E-state index in [0.717, 1.165) is 12.2 Å². The Kier molecular flexibility index (Phi) is 5.91. The van der Waals surface area contributed by atoms with Gasteiger partial charge in [-0.25, -0.2) is 0 Å². The lowest BCUT2D eigenvalue weighted by Crippen LogP contribution is -2.26. The molecule has 1 nitrogen and oxygen atoms in total. The van der Waals surface area contributed by atoms with Crippen LogP contribution < -0.4 is 5.32 Å². The maximum absolute atomic E-state index is 5.14. The third-order valence-corrected chi connectivity index (χ3v) is 1.88. The molecule has 0 bridgehead atoms. The third kappa shape index (κ3) is 4.38. The van der Waals surface area contributed by atoms with Gasteiger partial charge >= 0.3 is 0 Å². The van der Waals surface area contributed by atoms with Crippen LogP contribution in [-0.4, -0.2) is 25.1 Å². The molecule has 1 N–H and O–H groups in total. The highest BCUT2D eigenvalue weighted by Crippen LogP contribution is 1.99. The van der Waals surface area contributed by atoms with Crippen molar-refractivity contribution in [1.29, 1.82) is 0 Å². The summed E-state index contributed by atoms with van der Waals surface area (Å²) in [5, 5.41) is 3.14. The van der Waals surface area contributed by atoms with Gasteiger partial charge in [-0.15, -0.1) is 12.3 Å². The maximum Gasteiger partial charge on any atom is 0.0264 e. The van der Waals surface area contributed by atoms with Crippen LogP contribution in [0.5, 0.6) is 0 Å². The molecule has 1 unspecified atom stereocenters. The molecular weight excluding hydrogens is 130 g/mol. The van der Waals surface area contributed by atoms with Gasteiger partial charge in [0.25, 0.3) is 0 Å². The monoisotopic (exact) mass is 143 g/mol. The minimum absolute atomic E-state index is 0.491. The second-order valence-corrected chi connectivity index (χ2v) is 2.76. The Labute approximate surface area is 61.6 Å². The van der Waals surface area contributed by atoms with Crippen LogP contribution in [0.3, 0.4) is 0 Å². The summed E-state index contributed by atoms with van der Waals surface area (Å²) in [5.41, 5.74) is 0. The first-order chi connectivity index (χ1) is 4.35. The lowest BCUT2D eigenvalue weighted by molar-refractivity contribution is 0.637. The highest BCUT2D eigenvalue weighted by Gasteiger charge is 2.00. The van der Waals surface area contributed by atoms with Crippen molar-refractivity contribution in [2.75, 3.05) is 19.1 Å². The smallest absolute Gasteiger partial charge is 0.0264 e. The zero-order chi connectivity index (χ0) is 7.11. The summed E-state index contributed by atoms with van der Waals surface area (Å²) in [6, 6.07) is 0.491. The standard InChI is InChI=1S/C7H13NS/c1-4-5-7(8-2)6-9-3/h1,7-8H,5-6H2,2-3H3. The van der Waals surface area contributed by atoms with Crippen molar-refractivity contribution in [3.05, 3.63) is 0 Å². The van der Waals surface area contributed by atoms with Gasteiger partial charge in [-0.05, 0) is 13.3 Å². The van der Waals surface area contributed by atoms with Crippen molar-refractivity contribution in [2.45, 2.75) is 12.5 Å². The summed E-state index contributed by atoms with van der Waals surface area (Å²) in [6.07, 6.45) is 8.05. The highest BCUT2D eigenvalue weighted by atomic mass is 32.2. The average molecular weight is 143 g/mol. The SMILES string of the molecule is C#CCC(CSC)NC. The van der Waals surface area contributed by atoms with Crippen molar-refractivity contribution < 1.29 is 0 Å². The van der Waals surface area contributed by atoms with Gasteiger partial charge in [0.1, 0.15) is 0 Å². The fourth-order valence-electron chi connectivity index (χ4n) is 0.588. The molecule has 1 atom stereocenters. The normalized spacial score (nSPS) is 12.6. The van der Waals surface area contributed by atoms with E-state index < -0.39 is 0 Å². The van der Waals surface area contributed by atoms with Crippen LogP contribution >= 0.6 is 11.8 Å². The molecular formula is C7H13NS. The number of thioether (sulfide) groups is 1. The van der Waals surface area contributed by atoms with Gasteiger partial charge in [-0.2, -0.15) is 11.8 Å². The predicted molar refractivity (Wildman–Crippen MR) is 44.7 cm³/mol. The molecule has 0 aliphatic carbocycles. The first-order valence-electron chi connectivity index (χ1n) is 2.94.